The van der Waals surface area contributed by atoms with Gasteiger partial charge in [-0.1, -0.05) is 32.9 Å². The van der Waals surface area contributed by atoms with Crippen LogP contribution in [0.3, 0.4) is 0 Å². The Morgan fingerprint density at radius 1 is 1.42 bits per heavy atom. The first-order chi connectivity index (χ1) is 8.92. The Morgan fingerprint density at radius 3 is 2.68 bits per heavy atom. The predicted molar refractivity (Wildman–Crippen MR) is 81.8 cm³/mol. The third-order valence-electron chi connectivity index (χ3n) is 4.39. The summed E-state index contributed by atoms with van der Waals surface area (Å²) in [5.41, 5.74) is 1.22. The fraction of sp³-hybridized carbons (Fsp3) is 0.625. The first kappa shape index (κ1) is 15.0. The van der Waals surface area contributed by atoms with Gasteiger partial charge in [-0.05, 0) is 58.2 Å². The molecule has 0 amide bonds. The van der Waals surface area contributed by atoms with Crippen LogP contribution in [0.2, 0.25) is 0 Å². The molecule has 1 aliphatic carbocycles. The smallest absolute Gasteiger partial charge is 0.137 e. The van der Waals surface area contributed by atoms with Crippen LogP contribution in [0, 0.1) is 17.2 Å². The number of nitrogens with one attached hydrogen (secondary N) is 1. The second-order valence-electron chi connectivity index (χ2n) is 6.35. The number of hydrogen-bond donors (Lipinski definition) is 1. The first-order valence-electron chi connectivity index (χ1n) is 7.08. The molecule has 1 aliphatic rings. The summed E-state index contributed by atoms with van der Waals surface area (Å²) < 4.78 is 14.2. The molecule has 0 radical (unpaired) electrons. The van der Waals surface area contributed by atoms with Gasteiger partial charge in [0.1, 0.15) is 5.82 Å². The highest BCUT2D eigenvalue weighted by Gasteiger charge is 2.32. The van der Waals surface area contributed by atoms with Crippen molar-refractivity contribution in [2.75, 3.05) is 6.54 Å². The minimum atomic E-state index is -0.168. The molecule has 106 valence electrons. The molecule has 2 rings (SSSR count). The summed E-state index contributed by atoms with van der Waals surface area (Å²) in [5.74, 6) is 0.382. The van der Waals surface area contributed by atoms with Gasteiger partial charge < -0.3 is 5.32 Å². The van der Waals surface area contributed by atoms with E-state index in [0.717, 1.165) is 18.5 Å². The quantitative estimate of drug-likeness (QED) is 0.808. The van der Waals surface area contributed by atoms with Gasteiger partial charge in [0.05, 0.1) is 4.47 Å². The summed E-state index contributed by atoms with van der Waals surface area (Å²) in [6.45, 7) is 7.80. The standard InChI is InChI=1S/C16H23BrFN/c1-11(2)16(3,10-19-13-7-8-13)9-12-5-4-6-14(18)15(12)17/h4-6,11,13,19H,7-10H2,1-3H3. The van der Waals surface area contributed by atoms with E-state index in [-0.39, 0.29) is 11.2 Å². The highest BCUT2D eigenvalue weighted by atomic mass is 79.9. The van der Waals surface area contributed by atoms with Crippen LogP contribution in [0.4, 0.5) is 4.39 Å². The number of rotatable bonds is 6. The van der Waals surface area contributed by atoms with Crippen LogP contribution in [0.25, 0.3) is 0 Å². The molecule has 1 N–H and O–H groups in total. The van der Waals surface area contributed by atoms with Crippen LogP contribution >= 0.6 is 15.9 Å². The van der Waals surface area contributed by atoms with Crippen molar-refractivity contribution in [1.82, 2.24) is 5.32 Å². The molecule has 3 heteroatoms. The maximum absolute atomic E-state index is 13.6. The van der Waals surface area contributed by atoms with Crippen LogP contribution in [0.5, 0.6) is 0 Å². The Hall–Kier alpha value is -0.410. The van der Waals surface area contributed by atoms with Crippen molar-refractivity contribution in [3.8, 4) is 0 Å². The Labute approximate surface area is 124 Å². The average molecular weight is 328 g/mol. The molecule has 1 unspecified atom stereocenters. The Morgan fingerprint density at radius 2 is 2.11 bits per heavy atom. The largest absolute Gasteiger partial charge is 0.313 e. The molecule has 0 bridgehead atoms. The molecule has 0 heterocycles. The summed E-state index contributed by atoms with van der Waals surface area (Å²) in [4.78, 5) is 0. The molecule has 1 saturated carbocycles. The summed E-state index contributed by atoms with van der Waals surface area (Å²) in [5, 5.41) is 3.62. The molecule has 0 spiro atoms. The molecule has 1 fully saturated rings. The van der Waals surface area contributed by atoms with Gasteiger partial charge in [0.25, 0.3) is 0 Å². The zero-order valence-corrected chi connectivity index (χ0v) is 13.6. The van der Waals surface area contributed by atoms with E-state index >= 15 is 0 Å². The van der Waals surface area contributed by atoms with Gasteiger partial charge in [-0.3, -0.25) is 0 Å². The van der Waals surface area contributed by atoms with Crippen LogP contribution < -0.4 is 5.32 Å². The van der Waals surface area contributed by atoms with E-state index in [1.807, 2.05) is 6.07 Å². The SMILES string of the molecule is CC(C)C(C)(CNC1CC1)Cc1cccc(F)c1Br. The normalized spacial score (nSPS) is 18.6. The lowest BCUT2D eigenvalue weighted by Gasteiger charge is -2.35. The minimum absolute atomic E-state index is 0.152. The molecular formula is C16H23BrFN. The number of hydrogen-bond acceptors (Lipinski definition) is 1. The van der Waals surface area contributed by atoms with Crippen molar-refractivity contribution < 1.29 is 4.39 Å². The van der Waals surface area contributed by atoms with Crippen molar-refractivity contribution in [3.05, 3.63) is 34.1 Å². The van der Waals surface area contributed by atoms with Gasteiger partial charge in [-0.25, -0.2) is 4.39 Å². The van der Waals surface area contributed by atoms with Crippen molar-refractivity contribution in [2.45, 2.75) is 46.1 Å². The van der Waals surface area contributed by atoms with Crippen LogP contribution in [-0.4, -0.2) is 12.6 Å². The number of halogens is 2. The van der Waals surface area contributed by atoms with Gasteiger partial charge in [0.2, 0.25) is 0 Å². The molecule has 1 aromatic carbocycles. The van der Waals surface area contributed by atoms with E-state index < -0.39 is 0 Å². The maximum Gasteiger partial charge on any atom is 0.137 e. The monoisotopic (exact) mass is 327 g/mol. The highest BCUT2D eigenvalue weighted by Crippen LogP contribution is 2.35. The van der Waals surface area contributed by atoms with Crippen molar-refractivity contribution >= 4 is 15.9 Å². The summed E-state index contributed by atoms with van der Waals surface area (Å²) in [6, 6.07) is 6.03. The van der Waals surface area contributed by atoms with Crippen molar-refractivity contribution in [1.29, 1.82) is 0 Å². The lowest BCUT2D eigenvalue weighted by molar-refractivity contribution is 0.206. The average Bonchev–Trinajstić information content (AvgIpc) is 3.16. The lowest BCUT2D eigenvalue weighted by Crippen LogP contribution is -2.39. The molecule has 1 nitrogen and oxygen atoms in total. The predicted octanol–water partition coefficient (Wildman–Crippen LogP) is 4.55. The van der Waals surface area contributed by atoms with Crippen LogP contribution in [-0.2, 0) is 6.42 Å². The van der Waals surface area contributed by atoms with E-state index in [9.17, 15) is 4.39 Å². The molecule has 19 heavy (non-hydrogen) atoms. The Bertz CT molecular complexity index is 442. The van der Waals surface area contributed by atoms with E-state index in [0.29, 0.717) is 16.4 Å². The van der Waals surface area contributed by atoms with Gasteiger partial charge in [0, 0.05) is 12.6 Å². The zero-order valence-electron chi connectivity index (χ0n) is 12.0. The topological polar surface area (TPSA) is 12.0 Å². The molecule has 1 aromatic rings. The molecule has 1 atom stereocenters. The number of benzene rings is 1. The zero-order chi connectivity index (χ0) is 14.0. The van der Waals surface area contributed by atoms with Crippen molar-refractivity contribution in [3.63, 3.8) is 0 Å². The molecule has 0 aromatic heterocycles. The third-order valence-corrected chi connectivity index (χ3v) is 5.28. The fourth-order valence-corrected chi connectivity index (χ4v) is 2.66. The van der Waals surface area contributed by atoms with Gasteiger partial charge in [-0.15, -0.1) is 0 Å². The Balaban J connectivity index is 2.12. The van der Waals surface area contributed by atoms with E-state index in [1.165, 1.54) is 18.9 Å². The second-order valence-corrected chi connectivity index (χ2v) is 7.15. The summed E-state index contributed by atoms with van der Waals surface area (Å²) in [6.07, 6.45) is 3.50. The van der Waals surface area contributed by atoms with E-state index in [2.05, 4.69) is 42.0 Å². The third kappa shape index (κ3) is 3.79. The summed E-state index contributed by atoms with van der Waals surface area (Å²) >= 11 is 3.38. The van der Waals surface area contributed by atoms with Crippen molar-refractivity contribution in [2.24, 2.45) is 11.3 Å². The molecular weight excluding hydrogens is 305 g/mol. The van der Waals surface area contributed by atoms with E-state index in [4.69, 9.17) is 0 Å². The molecule has 0 aliphatic heterocycles. The summed E-state index contributed by atoms with van der Waals surface area (Å²) in [7, 11) is 0. The van der Waals surface area contributed by atoms with Gasteiger partial charge in [-0.2, -0.15) is 0 Å². The van der Waals surface area contributed by atoms with Gasteiger partial charge in [0.15, 0.2) is 0 Å². The lowest BCUT2D eigenvalue weighted by atomic mass is 9.74. The second kappa shape index (κ2) is 5.92. The first-order valence-corrected chi connectivity index (χ1v) is 7.88. The Kier molecular flexibility index (Phi) is 4.67. The van der Waals surface area contributed by atoms with Gasteiger partial charge >= 0.3 is 0 Å². The highest BCUT2D eigenvalue weighted by molar-refractivity contribution is 9.10. The molecule has 0 saturated heterocycles. The van der Waals surface area contributed by atoms with Crippen LogP contribution in [0.15, 0.2) is 22.7 Å². The van der Waals surface area contributed by atoms with Crippen LogP contribution in [0.1, 0.15) is 39.2 Å². The minimum Gasteiger partial charge on any atom is -0.313 e. The maximum atomic E-state index is 13.6. The fourth-order valence-electron chi connectivity index (χ4n) is 2.26. The van der Waals surface area contributed by atoms with E-state index in [1.54, 1.807) is 6.07 Å².